The van der Waals surface area contributed by atoms with Gasteiger partial charge in [0, 0.05) is 10.9 Å². The molecule has 0 unspecified atom stereocenters. The highest BCUT2D eigenvalue weighted by Crippen LogP contribution is 2.23. The van der Waals surface area contributed by atoms with Gasteiger partial charge in [-0.2, -0.15) is 4.98 Å². The molecule has 2 rings (SSSR count). The lowest BCUT2D eigenvalue weighted by Gasteiger charge is -2.08. The third kappa shape index (κ3) is 3.72. The molecule has 112 valence electrons. The van der Waals surface area contributed by atoms with Crippen molar-refractivity contribution in [3.05, 3.63) is 40.5 Å². The number of nitrogens with zero attached hydrogens (tertiary/aromatic N) is 2. The molecule has 0 aliphatic heterocycles. The molecule has 0 atom stereocenters. The fourth-order valence-electron chi connectivity index (χ4n) is 1.68. The topological polar surface area (TPSA) is 77.2 Å². The summed E-state index contributed by atoms with van der Waals surface area (Å²) in [6.45, 7) is 4.09. The van der Waals surface area contributed by atoms with Crippen LogP contribution in [0.15, 0.2) is 22.7 Å². The van der Waals surface area contributed by atoms with Crippen molar-refractivity contribution in [1.82, 2.24) is 15.5 Å². The number of nitrogens with one attached hydrogen (secondary N) is 1. The van der Waals surface area contributed by atoms with Gasteiger partial charge in [0.05, 0.1) is 19.2 Å². The molecule has 1 aromatic carbocycles. The molecule has 7 heteroatoms. The van der Waals surface area contributed by atoms with Crippen LogP contribution in [0.3, 0.4) is 0 Å². The van der Waals surface area contributed by atoms with Crippen molar-refractivity contribution in [3.8, 4) is 5.75 Å². The van der Waals surface area contributed by atoms with E-state index < -0.39 is 0 Å². The molecule has 0 fully saturated rings. The predicted molar refractivity (Wildman–Crippen MR) is 77.6 cm³/mol. The van der Waals surface area contributed by atoms with Gasteiger partial charge in [-0.3, -0.25) is 4.79 Å². The minimum absolute atomic E-state index is 0.151. The first-order valence-electron chi connectivity index (χ1n) is 6.45. The number of carbonyl (C=O) groups is 1. The Labute approximate surface area is 127 Å². The molecule has 0 bridgehead atoms. The fraction of sp³-hybridized carbons (Fsp3) is 0.357. The van der Waals surface area contributed by atoms with Crippen LogP contribution in [0, 0.1) is 0 Å². The first kappa shape index (κ1) is 15.3. The van der Waals surface area contributed by atoms with Crippen molar-refractivity contribution < 1.29 is 14.1 Å². The summed E-state index contributed by atoms with van der Waals surface area (Å²) in [7, 11) is 1.48. The van der Waals surface area contributed by atoms with Crippen molar-refractivity contribution in [2.24, 2.45) is 0 Å². The number of halogens is 1. The number of hydrogen-bond acceptors (Lipinski definition) is 5. The van der Waals surface area contributed by atoms with E-state index in [2.05, 4.69) is 15.5 Å². The second-order valence-corrected chi connectivity index (χ2v) is 5.17. The zero-order valence-electron chi connectivity index (χ0n) is 12.0. The van der Waals surface area contributed by atoms with Gasteiger partial charge in [-0.15, -0.1) is 0 Å². The van der Waals surface area contributed by atoms with Gasteiger partial charge in [0.1, 0.15) is 5.75 Å². The van der Waals surface area contributed by atoms with Crippen molar-refractivity contribution in [1.29, 1.82) is 0 Å². The second kappa shape index (κ2) is 6.58. The van der Waals surface area contributed by atoms with Crippen molar-refractivity contribution in [2.75, 3.05) is 7.11 Å². The van der Waals surface area contributed by atoms with E-state index >= 15 is 0 Å². The maximum absolute atomic E-state index is 12.1. The van der Waals surface area contributed by atoms with Gasteiger partial charge < -0.3 is 14.6 Å². The summed E-state index contributed by atoms with van der Waals surface area (Å²) in [5.74, 6) is 1.25. The van der Waals surface area contributed by atoms with Gasteiger partial charge in [0.15, 0.2) is 5.82 Å². The molecule has 1 amide bonds. The van der Waals surface area contributed by atoms with Gasteiger partial charge >= 0.3 is 0 Å². The fourth-order valence-corrected chi connectivity index (χ4v) is 1.84. The zero-order chi connectivity index (χ0) is 15.4. The summed E-state index contributed by atoms with van der Waals surface area (Å²) < 4.78 is 10.2. The number of methoxy groups -OCH3 is 1. The third-order valence-electron chi connectivity index (χ3n) is 2.79. The minimum atomic E-state index is -0.292. The lowest BCUT2D eigenvalue weighted by molar-refractivity contribution is 0.0946. The van der Waals surface area contributed by atoms with E-state index in [1.54, 1.807) is 18.2 Å². The van der Waals surface area contributed by atoms with Crippen LogP contribution in [0.4, 0.5) is 0 Å². The normalized spacial score (nSPS) is 10.7. The molecule has 0 aliphatic rings. The highest BCUT2D eigenvalue weighted by molar-refractivity contribution is 6.30. The van der Waals surface area contributed by atoms with Crippen LogP contribution < -0.4 is 10.1 Å². The van der Waals surface area contributed by atoms with Crippen LogP contribution in [-0.4, -0.2) is 23.2 Å². The lowest BCUT2D eigenvalue weighted by atomic mass is 10.2. The molecule has 21 heavy (non-hydrogen) atoms. The van der Waals surface area contributed by atoms with Crippen LogP contribution in [0.1, 0.15) is 41.8 Å². The Hall–Kier alpha value is -2.08. The van der Waals surface area contributed by atoms with E-state index in [1.807, 2.05) is 13.8 Å². The molecule has 0 saturated carbocycles. The molecule has 0 spiro atoms. The smallest absolute Gasteiger partial charge is 0.255 e. The largest absolute Gasteiger partial charge is 0.496 e. The molecular formula is C14H16ClN3O3. The Morgan fingerprint density at radius 2 is 2.24 bits per heavy atom. The standard InChI is InChI=1S/C14H16ClN3O3/c1-8(2)14-17-12(18-21-14)7-16-13(19)10-5-4-9(15)6-11(10)20-3/h4-6,8H,7H2,1-3H3,(H,16,19). The van der Waals surface area contributed by atoms with Crippen LogP contribution in [0.25, 0.3) is 0 Å². The Balaban J connectivity index is 2.04. The van der Waals surface area contributed by atoms with Gasteiger partial charge in [-0.05, 0) is 18.2 Å². The van der Waals surface area contributed by atoms with E-state index in [0.717, 1.165) is 0 Å². The zero-order valence-corrected chi connectivity index (χ0v) is 12.8. The SMILES string of the molecule is COc1cc(Cl)ccc1C(=O)NCc1noc(C(C)C)n1. The molecule has 1 N–H and O–H groups in total. The van der Waals surface area contributed by atoms with E-state index in [9.17, 15) is 4.79 Å². The highest BCUT2D eigenvalue weighted by atomic mass is 35.5. The summed E-state index contributed by atoms with van der Waals surface area (Å²) in [4.78, 5) is 16.3. The second-order valence-electron chi connectivity index (χ2n) is 4.73. The van der Waals surface area contributed by atoms with Crippen LogP contribution >= 0.6 is 11.6 Å². The number of hydrogen-bond donors (Lipinski definition) is 1. The Morgan fingerprint density at radius 3 is 2.86 bits per heavy atom. The van der Waals surface area contributed by atoms with E-state index in [0.29, 0.717) is 28.1 Å². The van der Waals surface area contributed by atoms with E-state index in [-0.39, 0.29) is 18.4 Å². The summed E-state index contributed by atoms with van der Waals surface area (Å²) in [6, 6.07) is 4.82. The summed E-state index contributed by atoms with van der Waals surface area (Å²) in [6.07, 6.45) is 0. The third-order valence-corrected chi connectivity index (χ3v) is 3.03. The van der Waals surface area contributed by atoms with Crippen molar-refractivity contribution >= 4 is 17.5 Å². The Kier molecular flexibility index (Phi) is 4.80. The first-order chi connectivity index (χ1) is 10.0. The Morgan fingerprint density at radius 1 is 1.48 bits per heavy atom. The molecule has 6 nitrogen and oxygen atoms in total. The maximum atomic E-state index is 12.1. The molecule has 1 heterocycles. The van der Waals surface area contributed by atoms with Crippen LogP contribution in [-0.2, 0) is 6.54 Å². The molecule has 1 aromatic heterocycles. The van der Waals surface area contributed by atoms with Gasteiger partial charge in [-0.1, -0.05) is 30.6 Å². The quantitative estimate of drug-likeness (QED) is 0.919. The van der Waals surface area contributed by atoms with E-state index in [1.165, 1.54) is 7.11 Å². The molecule has 0 saturated heterocycles. The number of ether oxygens (including phenoxy) is 1. The summed E-state index contributed by atoms with van der Waals surface area (Å²) in [5.41, 5.74) is 0.398. The van der Waals surface area contributed by atoms with Crippen LogP contribution in [0.2, 0.25) is 5.02 Å². The van der Waals surface area contributed by atoms with Crippen molar-refractivity contribution in [2.45, 2.75) is 26.3 Å². The number of rotatable bonds is 5. The molecule has 0 aliphatic carbocycles. The number of amides is 1. The average molecular weight is 310 g/mol. The van der Waals surface area contributed by atoms with Gasteiger partial charge in [0.2, 0.25) is 5.89 Å². The molecular weight excluding hydrogens is 294 g/mol. The van der Waals surface area contributed by atoms with Crippen molar-refractivity contribution in [3.63, 3.8) is 0 Å². The lowest BCUT2D eigenvalue weighted by Crippen LogP contribution is -2.24. The number of carbonyl (C=O) groups excluding carboxylic acids is 1. The minimum Gasteiger partial charge on any atom is -0.496 e. The Bertz CT molecular complexity index is 640. The predicted octanol–water partition coefficient (Wildman–Crippen LogP) is 2.79. The number of aromatic nitrogens is 2. The van der Waals surface area contributed by atoms with E-state index in [4.69, 9.17) is 20.9 Å². The van der Waals surface area contributed by atoms with Gasteiger partial charge in [-0.25, -0.2) is 0 Å². The van der Waals surface area contributed by atoms with Crippen LogP contribution in [0.5, 0.6) is 5.75 Å². The molecule has 2 aromatic rings. The summed E-state index contributed by atoms with van der Waals surface area (Å²) in [5, 5.41) is 7.02. The maximum Gasteiger partial charge on any atom is 0.255 e. The van der Waals surface area contributed by atoms with Gasteiger partial charge in [0.25, 0.3) is 5.91 Å². The summed E-state index contributed by atoms with van der Waals surface area (Å²) >= 11 is 5.86. The highest BCUT2D eigenvalue weighted by Gasteiger charge is 2.14. The molecule has 0 radical (unpaired) electrons. The monoisotopic (exact) mass is 309 g/mol. The number of benzene rings is 1. The average Bonchev–Trinajstić information content (AvgIpc) is 2.93. The first-order valence-corrected chi connectivity index (χ1v) is 6.83.